The van der Waals surface area contributed by atoms with Crippen molar-refractivity contribution in [1.29, 1.82) is 0 Å². The maximum atomic E-state index is 11.8. The Balaban J connectivity index is 2.04. The molecule has 1 aromatic carbocycles. The molecule has 2 atom stereocenters. The zero-order valence-electron chi connectivity index (χ0n) is 14.6. The van der Waals surface area contributed by atoms with Crippen LogP contribution in [0.25, 0.3) is 0 Å². The molecule has 0 amide bonds. The lowest BCUT2D eigenvalue weighted by atomic mass is 9.85. The lowest BCUT2D eigenvalue weighted by Crippen LogP contribution is -2.44. The fraction of sp³-hybridized carbons (Fsp3) is 0.429. The predicted molar refractivity (Wildman–Crippen MR) is 103 cm³/mol. The van der Waals surface area contributed by atoms with Crippen molar-refractivity contribution in [2.45, 2.75) is 50.8 Å². The topological polar surface area (TPSA) is 23.5 Å². The van der Waals surface area contributed by atoms with E-state index in [9.17, 15) is 5.11 Å². The molecule has 3 heteroatoms. The first kappa shape index (κ1) is 17.4. The van der Waals surface area contributed by atoms with Crippen LogP contribution >= 0.6 is 11.3 Å². The highest BCUT2D eigenvalue weighted by molar-refractivity contribution is 7.10. The third-order valence-electron chi connectivity index (χ3n) is 5.14. The minimum absolute atomic E-state index is 0.336. The van der Waals surface area contributed by atoms with E-state index in [2.05, 4.69) is 55.0 Å². The summed E-state index contributed by atoms with van der Waals surface area (Å²) < 4.78 is 0. The SMILES string of the molecule is C=CCN(C(C)C)[C@H]1CCc2ccccc2[C@@](O)(c2cccs2)C1. The molecule has 2 aromatic rings. The van der Waals surface area contributed by atoms with Gasteiger partial charge in [-0.2, -0.15) is 0 Å². The molecule has 0 unspecified atom stereocenters. The van der Waals surface area contributed by atoms with Crippen LogP contribution in [0.4, 0.5) is 0 Å². The number of hydrogen-bond donors (Lipinski definition) is 1. The van der Waals surface area contributed by atoms with E-state index in [1.807, 2.05) is 18.2 Å². The molecule has 0 saturated heterocycles. The van der Waals surface area contributed by atoms with E-state index >= 15 is 0 Å². The summed E-state index contributed by atoms with van der Waals surface area (Å²) in [5, 5.41) is 13.8. The molecule has 0 bridgehead atoms. The molecule has 1 aliphatic rings. The number of thiophene rings is 1. The van der Waals surface area contributed by atoms with E-state index in [4.69, 9.17) is 0 Å². The molecule has 1 N–H and O–H groups in total. The van der Waals surface area contributed by atoms with Gasteiger partial charge in [-0.25, -0.2) is 0 Å². The number of aryl methyl sites for hydroxylation is 1. The molecule has 0 aliphatic heterocycles. The van der Waals surface area contributed by atoms with Crippen LogP contribution in [-0.2, 0) is 12.0 Å². The molecule has 0 saturated carbocycles. The highest BCUT2D eigenvalue weighted by atomic mass is 32.1. The van der Waals surface area contributed by atoms with Crippen LogP contribution in [0, 0.1) is 0 Å². The maximum Gasteiger partial charge on any atom is 0.125 e. The van der Waals surface area contributed by atoms with Crippen LogP contribution in [0.5, 0.6) is 0 Å². The van der Waals surface area contributed by atoms with Crippen LogP contribution in [0.2, 0.25) is 0 Å². The van der Waals surface area contributed by atoms with Gasteiger partial charge in [0.1, 0.15) is 5.60 Å². The minimum atomic E-state index is -0.903. The second-order valence-corrected chi connectivity index (χ2v) is 7.92. The average molecular weight is 342 g/mol. The van der Waals surface area contributed by atoms with E-state index in [0.29, 0.717) is 12.1 Å². The Hall–Kier alpha value is -1.42. The first-order valence-corrected chi connectivity index (χ1v) is 9.65. The third-order valence-corrected chi connectivity index (χ3v) is 6.16. The largest absolute Gasteiger partial charge is 0.379 e. The number of nitrogens with zero attached hydrogens (tertiary/aromatic N) is 1. The standard InChI is InChI=1S/C21H27NOS/c1-4-13-22(16(2)3)18-12-11-17-8-5-6-9-19(17)21(23,15-18)20-10-7-14-24-20/h4-10,14,16,18,23H,1,11-13,15H2,2-3H3/t18-,21+/m0/s1. The third kappa shape index (κ3) is 3.21. The highest BCUT2D eigenvalue weighted by Gasteiger charge is 2.40. The van der Waals surface area contributed by atoms with Gasteiger partial charge in [-0.3, -0.25) is 4.90 Å². The van der Waals surface area contributed by atoms with E-state index in [1.54, 1.807) is 11.3 Å². The van der Waals surface area contributed by atoms with Crippen molar-refractivity contribution in [1.82, 2.24) is 4.90 Å². The number of benzene rings is 1. The summed E-state index contributed by atoms with van der Waals surface area (Å²) in [5.74, 6) is 0. The maximum absolute atomic E-state index is 11.8. The molecule has 0 fully saturated rings. The average Bonchev–Trinajstić information content (AvgIpc) is 3.07. The molecule has 2 nitrogen and oxygen atoms in total. The Morgan fingerprint density at radius 3 is 2.79 bits per heavy atom. The summed E-state index contributed by atoms with van der Waals surface area (Å²) in [6.45, 7) is 9.24. The number of aliphatic hydroxyl groups is 1. The number of fused-ring (bicyclic) bond motifs is 1. The predicted octanol–water partition coefficient (Wildman–Crippen LogP) is 4.59. The summed E-state index contributed by atoms with van der Waals surface area (Å²) in [6, 6.07) is 13.3. The van der Waals surface area contributed by atoms with Crippen LogP contribution in [0.1, 0.15) is 42.7 Å². The Morgan fingerprint density at radius 2 is 2.12 bits per heavy atom. The van der Waals surface area contributed by atoms with Crippen molar-refractivity contribution >= 4 is 11.3 Å². The minimum Gasteiger partial charge on any atom is -0.379 e. The van der Waals surface area contributed by atoms with Gasteiger partial charge in [-0.1, -0.05) is 36.4 Å². The van der Waals surface area contributed by atoms with Gasteiger partial charge in [0.05, 0.1) is 0 Å². The van der Waals surface area contributed by atoms with Gasteiger partial charge in [0.15, 0.2) is 0 Å². The van der Waals surface area contributed by atoms with Gasteiger partial charge in [-0.05, 0) is 49.3 Å². The molecule has 0 radical (unpaired) electrons. The summed E-state index contributed by atoms with van der Waals surface area (Å²) in [4.78, 5) is 3.52. The lowest BCUT2D eigenvalue weighted by molar-refractivity contribution is 0.0325. The van der Waals surface area contributed by atoms with Crippen molar-refractivity contribution < 1.29 is 5.11 Å². The molecular formula is C21H27NOS. The van der Waals surface area contributed by atoms with Gasteiger partial charge in [0, 0.05) is 29.9 Å². The first-order chi connectivity index (χ1) is 11.6. The quantitative estimate of drug-likeness (QED) is 0.635. The van der Waals surface area contributed by atoms with Gasteiger partial charge in [0.25, 0.3) is 0 Å². The molecule has 1 aliphatic carbocycles. The van der Waals surface area contributed by atoms with Gasteiger partial charge < -0.3 is 5.11 Å². The zero-order chi connectivity index (χ0) is 17.2. The van der Waals surface area contributed by atoms with Crippen LogP contribution in [0.3, 0.4) is 0 Å². The monoisotopic (exact) mass is 341 g/mol. The van der Waals surface area contributed by atoms with Crippen molar-refractivity contribution in [2.75, 3.05) is 6.54 Å². The molecule has 3 rings (SSSR count). The Kier molecular flexibility index (Phi) is 5.24. The van der Waals surface area contributed by atoms with E-state index in [-0.39, 0.29) is 0 Å². The van der Waals surface area contributed by atoms with Crippen molar-refractivity contribution in [3.63, 3.8) is 0 Å². The molecule has 1 heterocycles. The molecule has 24 heavy (non-hydrogen) atoms. The van der Waals surface area contributed by atoms with Crippen molar-refractivity contribution in [3.05, 3.63) is 70.4 Å². The zero-order valence-corrected chi connectivity index (χ0v) is 15.4. The Bertz CT molecular complexity index is 679. The Labute approximate surface area is 149 Å². The van der Waals surface area contributed by atoms with E-state index < -0.39 is 5.60 Å². The van der Waals surface area contributed by atoms with Gasteiger partial charge in [-0.15, -0.1) is 17.9 Å². The second-order valence-electron chi connectivity index (χ2n) is 6.97. The van der Waals surface area contributed by atoms with Crippen LogP contribution in [-0.4, -0.2) is 28.6 Å². The second kappa shape index (κ2) is 7.22. The fourth-order valence-electron chi connectivity index (χ4n) is 3.98. The summed E-state index contributed by atoms with van der Waals surface area (Å²) in [7, 11) is 0. The van der Waals surface area contributed by atoms with Gasteiger partial charge >= 0.3 is 0 Å². The van der Waals surface area contributed by atoms with E-state index in [1.165, 1.54) is 5.56 Å². The highest BCUT2D eigenvalue weighted by Crippen LogP contribution is 2.42. The smallest absolute Gasteiger partial charge is 0.125 e. The van der Waals surface area contributed by atoms with E-state index in [0.717, 1.165) is 36.2 Å². The summed E-state index contributed by atoms with van der Waals surface area (Å²) in [6.07, 6.45) is 4.78. The first-order valence-electron chi connectivity index (χ1n) is 8.77. The Morgan fingerprint density at radius 1 is 1.33 bits per heavy atom. The van der Waals surface area contributed by atoms with Crippen molar-refractivity contribution in [2.24, 2.45) is 0 Å². The fourth-order valence-corrected chi connectivity index (χ4v) is 4.83. The lowest BCUT2D eigenvalue weighted by Gasteiger charge is -2.38. The molecular weight excluding hydrogens is 314 g/mol. The number of hydrogen-bond acceptors (Lipinski definition) is 3. The molecule has 0 spiro atoms. The number of rotatable bonds is 5. The molecule has 128 valence electrons. The van der Waals surface area contributed by atoms with Crippen molar-refractivity contribution in [3.8, 4) is 0 Å². The summed E-state index contributed by atoms with van der Waals surface area (Å²) >= 11 is 1.65. The van der Waals surface area contributed by atoms with Gasteiger partial charge in [0.2, 0.25) is 0 Å². The van der Waals surface area contributed by atoms with Crippen LogP contribution < -0.4 is 0 Å². The molecule has 1 aromatic heterocycles. The normalized spacial score (nSPS) is 24.0. The summed E-state index contributed by atoms with van der Waals surface area (Å²) in [5.41, 5.74) is 1.45. The van der Waals surface area contributed by atoms with Crippen LogP contribution in [0.15, 0.2) is 54.4 Å².